The van der Waals surface area contributed by atoms with E-state index in [1.165, 1.54) is 0 Å². The first-order chi connectivity index (χ1) is 15.3. The lowest BCUT2D eigenvalue weighted by molar-refractivity contribution is -0.134. The highest BCUT2D eigenvalue weighted by atomic mass is 35.5. The molecule has 32 heavy (non-hydrogen) atoms. The molecule has 4 rings (SSSR count). The molecule has 0 aliphatic carbocycles. The molecule has 1 fully saturated rings. The van der Waals surface area contributed by atoms with Gasteiger partial charge in [-0.2, -0.15) is 0 Å². The summed E-state index contributed by atoms with van der Waals surface area (Å²) in [6, 6.07) is 14.9. The second-order valence-electron chi connectivity index (χ2n) is 8.17. The molecule has 4 amide bonds. The van der Waals surface area contributed by atoms with E-state index >= 15 is 0 Å². The Balaban J connectivity index is 1.55. The number of amides is 4. The van der Waals surface area contributed by atoms with Crippen molar-refractivity contribution in [3.05, 3.63) is 70.9 Å². The number of carbonyl (C=O) groups excluding carboxylic acids is 3. The molecule has 0 bridgehead atoms. The number of nitrogens with zero attached hydrogens (tertiary/aromatic N) is 1. The molecule has 2 heterocycles. The second-order valence-corrected chi connectivity index (χ2v) is 8.58. The maximum Gasteiger partial charge on any atom is 0.325 e. The largest absolute Gasteiger partial charge is 0.361 e. The molecule has 0 radical (unpaired) electrons. The Morgan fingerprint density at radius 3 is 2.56 bits per heavy atom. The molecule has 1 aliphatic rings. The number of fused-ring (bicyclic) bond motifs is 1. The fourth-order valence-electron chi connectivity index (χ4n) is 4.07. The Hall–Kier alpha value is -3.32. The van der Waals surface area contributed by atoms with Crippen molar-refractivity contribution in [1.29, 1.82) is 0 Å². The van der Waals surface area contributed by atoms with Crippen LogP contribution in [0.25, 0.3) is 10.9 Å². The number of nitrogens with one attached hydrogen (secondary N) is 3. The van der Waals surface area contributed by atoms with Gasteiger partial charge in [0.1, 0.15) is 12.1 Å². The highest BCUT2D eigenvalue weighted by Gasteiger charge is 2.47. The van der Waals surface area contributed by atoms with Crippen LogP contribution in [0.15, 0.2) is 54.7 Å². The summed E-state index contributed by atoms with van der Waals surface area (Å²) in [5.41, 5.74) is 1.90. The van der Waals surface area contributed by atoms with E-state index in [0.29, 0.717) is 11.4 Å². The fourth-order valence-corrected chi connectivity index (χ4v) is 4.34. The van der Waals surface area contributed by atoms with Crippen LogP contribution < -0.4 is 10.6 Å². The predicted octanol–water partition coefficient (Wildman–Crippen LogP) is 3.79. The van der Waals surface area contributed by atoms with Crippen molar-refractivity contribution in [2.24, 2.45) is 0 Å². The minimum atomic E-state index is -0.971. The molecule has 0 spiro atoms. The molecule has 1 aliphatic heterocycles. The lowest BCUT2D eigenvalue weighted by atomic mass is 9.90. The van der Waals surface area contributed by atoms with Crippen LogP contribution in [0.4, 0.5) is 4.79 Å². The summed E-state index contributed by atoms with van der Waals surface area (Å²) in [6.45, 7) is 3.41. The first-order valence-electron chi connectivity index (χ1n) is 10.6. The lowest BCUT2D eigenvalue weighted by Crippen LogP contribution is -2.45. The number of H-pyrrole nitrogens is 1. The number of hydrogen-bond donors (Lipinski definition) is 3. The van der Waals surface area contributed by atoms with Crippen molar-refractivity contribution in [2.45, 2.75) is 31.7 Å². The first-order valence-corrected chi connectivity index (χ1v) is 10.9. The van der Waals surface area contributed by atoms with E-state index < -0.39 is 17.5 Å². The number of urea groups is 1. The number of benzene rings is 2. The molecule has 1 aromatic heterocycles. The first kappa shape index (κ1) is 21.9. The molecule has 0 saturated carbocycles. The Bertz CT molecular complexity index is 1190. The van der Waals surface area contributed by atoms with Crippen LogP contribution in [0.1, 0.15) is 37.3 Å². The minimum Gasteiger partial charge on any atom is -0.361 e. The van der Waals surface area contributed by atoms with Gasteiger partial charge in [-0.15, -0.1) is 0 Å². The van der Waals surface area contributed by atoms with Crippen molar-refractivity contribution in [3.63, 3.8) is 0 Å². The van der Waals surface area contributed by atoms with Gasteiger partial charge in [0.05, 0.1) is 0 Å². The van der Waals surface area contributed by atoms with E-state index in [0.717, 1.165) is 26.9 Å². The number of carbonyl (C=O) groups is 3. The van der Waals surface area contributed by atoms with Gasteiger partial charge in [0, 0.05) is 34.6 Å². The number of hydrogen-bond acceptors (Lipinski definition) is 3. The van der Waals surface area contributed by atoms with Gasteiger partial charge in [0.15, 0.2) is 0 Å². The fraction of sp³-hybridized carbons (Fsp3) is 0.292. The zero-order chi connectivity index (χ0) is 22.9. The number of para-hydroxylation sites is 1. The second kappa shape index (κ2) is 8.67. The summed E-state index contributed by atoms with van der Waals surface area (Å²) in [6.07, 6.45) is 2.37. The Morgan fingerprint density at radius 1 is 1.12 bits per heavy atom. The quantitative estimate of drug-likeness (QED) is 0.476. The van der Waals surface area contributed by atoms with Crippen LogP contribution in [0.2, 0.25) is 5.02 Å². The number of halogens is 1. The van der Waals surface area contributed by atoms with E-state index in [-0.39, 0.29) is 24.9 Å². The van der Waals surface area contributed by atoms with Crippen LogP contribution in [-0.2, 0) is 9.59 Å². The third-order valence-electron chi connectivity index (χ3n) is 6.13. The number of imide groups is 1. The van der Waals surface area contributed by atoms with Crippen molar-refractivity contribution in [3.8, 4) is 0 Å². The molecule has 3 aromatic rings. The Labute approximate surface area is 191 Å². The SMILES string of the molecule is CC[C@]1(C)NC(=O)N(CC(=O)NC[C@@H](c2ccccc2Cl)c2c[nH]c3ccccc23)C1=O. The molecule has 0 unspecified atom stereocenters. The molecule has 8 heteroatoms. The average Bonchev–Trinajstić information content (AvgIpc) is 3.30. The van der Waals surface area contributed by atoms with Crippen LogP contribution in [0.5, 0.6) is 0 Å². The molecule has 2 aromatic carbocycles. The summed E-state index contributed by atoms with van der Waals surface area (Å²) in [5, 5.41) is 7.19. The molecule has 1 saturated heterocycles. The van der Waals surface area contributed by atoms with E-state index in [9.17, 15) is 14.4 Å². The van der Waals surface area contributed by atoms with E-state index in [1.54, 1.807) is 6.92 Å². The third kappa shape index (κ3) is 3.96. The van der Waals surface area contributed by atoms with Crippen LogP contribution in [-0.4, -0.2) is 46.4 Å². The number of aromatic nitrogens is 1. The van der Waals surface area contributed by atoms with Crippen LogP contribution >= 0.6 is 11.6 Å². The third-order valence-corrected chi connectivity index (χ3v) is 6.48. The average molecular weight is 453 g/mol. The van der Waals surface area contributed by atoms with Gasteiger partial charge in [0.25, 0.3) is 5.91 Å². The van der Waals surface area contributed by atoms with Gasteiger partial charge in [-0.05, 0) is 36.6 Å². The summed E-state index contributed by atoms with van der Waals surface area (Å²) in [7, 11) is 0. The standard InChI is InChI=1S/C24H25ClN4O3/c1-3-24(2)22(31)29(23(32)28-24)14-21(30)27-13-17(15-8-4-6-10-19(15)25)18-12-26-20-11-7-5-9-16(18)20/h4-12,17,26H,3,13-14H2,1-2H3,(H,27,30)(H,28,32)/t17-,24-/m0/s1. The summed E-state index contributed by atoms with van der Waals surface area (Å²) in [4.78, 5) is 41.8. The predicted molar refractivity (Wildman–Crippen MR) is 124 cm³/mol. The maximum absolute atomic E-state index is 12.7. The summed E-state index contributed by atoms with van der Waals surface area (Å²) < 4.78 is 0. The molecule has 7 nitrogen and oxygen atoms in total. The Morgan fingerprint density at radius 2 is 1.84 bits per heavy atom. The van der Waals surface area contributed by atoms with E-state index in [2.05, 4.69) is 15.6 Å². The lowest BCUT2D eigenvalue weighted by Gasteiger charge is -2.21. The summed E-state index contributed by atoms with van der Waals surface area (Å²) in [5.74, 6) is -1.02. The molecule has 3 N–H and O–H groups in total. The number of rotatable bonds is 7. The van der Waals surface area contributed by atoms with Crippen LogP contribution in [0, 0.1) is 0 Å². The van der Waals surface area contributed by atoms with Gasteiger partial charge >= 0.3 is 6.03 Å². The van der Waals surface area contributed by atoms with Gasteiger partial charge in [-0.25, -0.2) is 4.79 Å². The van der Waals surface area contributed by atoms with Crippen LogP contribution in [0.3, 0.4) is 0 Å². The van der Waals surface area contributed by atoms with Crippen molar-refractivity contribution >= 4 is 40.3 Å². The maximum atomic E-state index is 12.7. The van der Waals surface area contributed by atoms with Crippen molar-refractivity contribution < 1.29 is 14.4 Å². The molecule has 166 valence electrons. The van der Waals surface area contributed by atoms with Gasteiger partial charge in [-0.3, -0.25) is 14.5 Å². The van der Waals surface area contributed by atoms with Gasteiger partial charge in [-0.1, -0.05) is 54.9 Å². The van der Waals surface area contributed by atoms with E-state index in [1.807, 2.05) is 61.7 Å². The van der Waals surface area contributed by atoms with Gasteiger partial charge in [0.2, 0.25) is 5.91 Å². The highest BCUT2D eigenvalue weighted by Crippen LogP contribution is 2.34. The van der Waals surface area contributed by atoms with E-state index in [4.69, 9.17) is 11.6 Å². The minimum absolute atomic E-state index is 0.215. The molecular weight excluding hydrogens is 428 g/mol. The smallest absolute Gasteiger partial charge is 0.325 e. The topological polar surface area (TPSA) is 94.3 Å². The monoisotopic (exact) mass is 452 g/mol. The molecular formula is C24H25ClN4O3. The summed E-state index contributed by atoms with van der Waals surface area (Å²) >= 11 is 6.50. The zero-order valence-electron chi connectivity index (χ0n) is 17.9. The highest BCUT2D eigenvalue weighted by molar-refractivity contribution is 6.31. The van der Waals surface area contributed by atoms with Crippen molar-refractivity contribution in [2.75, 3.05) is 13.1 Å². The molecule has 2 atom stereocenters. The van der Waals surface area contributed by atoms with Crippen molar-refractivity contribution in [1.82, 2.24) is 20.5 Å². The van der Waals surface area contributed by atoms with Gasteiger partial charge < -0.3 is 15.6 Å². The number of aromatic amines is 1. The Kier molecular flexibility index (Phi) is 5.93. The normalized spacial score (nSPS) is 19.3. The zero-order valence-corrected chi connectivity index (χ0v) is 18.7.